The zero-order chi connectivity index (χ0) is 19.0. The summed E-state index contributed by atoms with van der Waals surface area (Å²) >= 11 is 0. The van der Waals surface area contributed by atoms with Gasteiger partial charge >= 0.3 is 0 Å². The van der Waals surface area contributed by atoms with Crippen molar-refractivity contribution in [2.45, 2.75) is 19.4 Å². The Balaban J connectivity index is 1.38. The predicted molar refractivity (Wildman–Crippen MR) is 91.1 cm³/mol. The fraction of sp³-hybridized carbons (Fsp3) is 0.263. The van der Waals surface area contributed by atoms with E-state index in [4.69, 9.17) is 9.47 Å². The second-order valence-electron chi connectivity index (χ2n) is 6.54. The SMILES string of the molecule is O=C(NCc1ccc2c(c1)OCO2)C1(C(=O)Nc2ccc(F)c(F)c2)CC1. The summed E-state index contributed by atoms with van der Waals surface area (Å²) in [6.07, 6.45) is 0.797. The highest BCUT2D eigenvalue weighted by atomic mass is 19.2. The molecule has 2 aromatic carbocycles. The Morgan fingerprint density at radius 2 is 1.74 bits per heavy atom. The van der Waals surface area contributed by atoms with Crippen molar-refractivity contribution in [3.05, 3.63) is 53.6 Å². The Morgan fingerprint density at radius 1 is 0.963 bits per heavy atom. The molecule has 1 saturated carbocycles. The smallest absolute Gasteiger partial charge is 0.240 e. The van der Waals surface area contributed by atoms with E-state index < -0.39 is 28.9 Å². The largest absolute Gasteiger partial charge is 0.454 e. The molecule has 1 aliphatic carbocycles. The molecule has 1 fully saturated rings. The number of benzene rings is 2. The number of anilines is 1. The first-order chi connectivity index (χ1) is 13.0. The molecule has 1 aliphatic heterocycles. The zero-order valence-electron chi connectivity index (χ0n) is 14.2. The molecule has 140 valence electrons. The second-order valence-corrected chi connectivity index (χ2v) is 6.54. The maximum Gasteiger partial charge on any atom is 0.240 e. The minimum atomic E-state index is -1.18. The molecule has 2 aliphatic rings. The van der Waals surface area contributed by atoms with Gasteiger partial charge in [0.1, 0.15) is 5.41 Å². The lowest BCUT2D eigenvalue weighted by molar-refractivity contribution is -0.134. The monoisotopic (exact) mass is 374 g/mol. The second kappa shape index (κ2) is 6.53. The highest BCUT2D eigenvalue weighted by Gasteiger charge is 2.56. The van der Waals surface area contributed by atoms with Crippen LogP contribution in [0.15, 0.2) is 36.4 Å². The molecule has 8 heteroatoms. The van der Waals surface area contributed by atoms with Gasteiger partial charge < -0.3 is 20.1 Å². The lowest BCUT2D eigenvalue weighted by Crippen LogP contribution is -2.39. The molecule has 6 nitrogen and oxygen atoms in total. The van der Waals surface area contributed by atoms with Crippen molar-refractivity contribution in [3.8, 4) is 11.5 Å². The number of nitrogens with one attached hydrogen (secondary N) is 2. The van der Waals surface area contributed by atoms with Crippen molar-refractivity contribution in [1.82, 2.24) is 5.32 Å². The first-order valence-corrected chi connectivity index (χ1v) is 8.41. The number of amides is 2. The summed E-state index contributed by atoms with van der Waals surface area (Å²) in [6.45, 7) is 0.397. The topological polar surface area (TPSA) is 76.7 Å². The van der Waals surface area contributed by atoms with E-state index in [9.17, 15) is 18.4 Å². The van der Waals surface area contributed by atoms with Crippen LogP contribution >= 0.6 is 0 Å². The van der Waals surface area contributed by atoms with Crippen LogP contribution in [0.1, 0.15) is 18.4 Å². The predicted octanol–water partition coefficient (Wildman–Crippen LogP) is 2.73. The molecule has 0 saturated heterocycles. The highest BCUT2D eigenvalue weighted by Crippen LogP contribution is 2.47. The minimum absolute atomic E-state index is 0.105. The van der Waals surface area contributed by atoms with Gasteiger partial charge in [-0.3, -0.25) is 9.59 Å². The number of hydrogen-bond donors (Lipinski definition) is 2. The molecule has 2 N–H and O–H groups in total. The summed E-state index contributed by atoms with van der Waals surface area (Å²) in [6, 6.07) is 8.37. The molecular weight excluding hydrogens is 358 g/mol. The average molecular weight is 374 g/mol. The van der Waals surface area contributed by atoms with Gasteiger partial charge in [0, 0.05) is 18.3 Å². The van der Waals surface area contributed by atoms with Crippen molar-refractivity contribution in [3.63, 3.8) is 0 Å². The highest BCUT2D eigenvalue weighted by molar-refractivity contribution is 6.13. The van der Waals surface area contributed by atoms with E-state index in [1.807, 2.05) is 0 Å². The van der Waals surface area contributed by atoms with Crippen LogP contribution in [-0.2, 0) is 16.1 Å². The number of halogens is 2. The van der Waals surface area contributed by atoms with Crippen molar-refractivity contribution >= 4 is 17.5 Å². The minimum Gasteiger partial charge on any atom is -0.454 e. The molecular formula is C19H16F2N2O4. The van der Waals surface area contributed by atoms with Gasteiger partial charge in [0.15, 0.2) is 23.1 Å². The molecule has 0 radical (unpaired) electrons. The fourth-order valence-corrected chi connectivity index (χ4v) is 2.91. The van der Waals surface area contributed by atoms with Gasteiger partial charge in [0.2, 0.25) is 18.6 Å². The van der Waals surface area contributed by atoms with Crippen LogP contribution in [0.4, 0.5) is 14.5 Å². The van der Waals surface area contributed by atoms with E-state index in [-0.39, 0.29) is 19.0 Å². The van der Waals surface area contributed by atoms with E-state index >= 15 is 0 Å². The van der Waals surface area contributed by atoms with E-state index in [0.717, 1.165) is 17.7 Å². The van der Waals surface area contributed by atoms with Gasteiger partial charge in [0.25, 0.3) is 0 Å². The zero-order valence-corrected chi connectivity index (χ0v) is 14.2. The maximum absolute atomic E-state index is 13.3. The number of ether oxygens (including phenoxy) is 2. The van der Waals surface area contributed by atoms with E-state index in [1.165, 1.54) is 6.07 Å². The summed E-state index contributed by atoms with van der Waals surface area (Å²) < 4.78 is 36.8. The van der Waals surface area contributed by atoms with Crippen LogP contribution in [0.5, 0.6) is 11.5 Å². The molecule has 2 amide bonds. The normalized spacial score (nSPS) is 15.9. The van der Waals surface area contributed by atoms with Crippen LogP contribution in [0.2, 0.25) is 0 Å². The van der Waals surface area contributed by atoms with Crippen molar-refractivity contribution < 1.29 is 27.8 Å². The lowest BCUT2D eigenvalue weighted by atomic mass is 10.0. The van der Waals surface area contributed by atoms with Gasteiger partial charge in [-0.15, -0.1) is 0 Å². The standard InChI is InChI=1S/C19H16F2N2O4/c20-13-3-2-12(8-14(13)21)23-18(25)19(5-6-19)17(24)22-9-11-1-4-15-16(7-11)27-10-26-15/h1-4,7-8H,5-6,9-10H2,(H,22,24)(H,23,25). The molecule has 0 bridgehead atoms. The van der Waals surface area contributed by atoms with E-state index in [2.05, 4.69) is 10.6 Å². The molecule has 27 heavy (non-hydrogen) atoms. The molecule has 0 unspecified atom stereocenters. The van der Waals surface area contributed by atoms with Crippen LogP contribution in [0.25, 0.3) is 0 Å². The third-order valence-corrected chi connectivity index (χ3v) is 4.69. The van der Waals surface area contributed by atoms with E-state index in [1.54, 1.807) is 18.2 Å². The number of carbonyl (C=O) groups is 2. The Morgan fingerprint density at radius 3 is 2.48 bits per heavy atom. The van der Waals surface area contributed by atoms with Crippen molar-refractivity contribution in [1.29, 1.82) is 0 Å². The maximum atomic E-state index is 13.3. The third-order valence-electron chi connectivity index (χ3n) is 4.69. The first-order valence-electron chi connectivity index (χ1n) is 8.41. The lowest BCUT2D eigenvalue weighted by Gasteiger charge is -2.16. The number of rotatable bonds is 5. The summed E-state index contributed by atoms with van der Waals surface area (Å²) in [4.78, 5) is 25.0. The number of carbonyl (C=O) groups excluding carboxylic acids is 2. The van der Waals surface area contributed by atoms with Gasteiger partial charge in [-0.1, -0.05) is 6.07 Å². The van der Waals surface area contributed by atoms with Gasteiger partial charge in [-0.2, -0.15) is 0 Å². The Kier molecular flexibility index (Phi) is 4.18. The van der Waals surface area contributed by atoms with Gasteiger partial charge in [-0.05, 0) is 42.7 Å². The Hall–Kier alpha value is -3.16. The summed E-state index contributed by atoms with van der Waals surface area (Å²) in [5.74, 6) is -1.74. The first kappa shape index (κ1) is 17.3. The van der Waals surface area contributed by atoms with Crippen molar-refractivity contribution in [2.24, 2.45) is 5.41 Å². The van der Waals surface area contributed by atoms with Crippen LogP contribution in [0.3, 0.4) is 0 Å². The van der Waals surface area contributed by atoms with Gasteiger partial charge in [-0.25, -0.2) is 8.78 Å². The van der Waals surface area contributed by atoms with Crippen LogP contribution in [-0.4, -0.2) is 18.6 Å². The molecule has 1 heterocycles. The summed E-state index contributed by atoms with van der Waals surface area (Å²) in [5, 5.41) is 5.23. The molecule has 0 atom stereocenters. The molecule has 0 aromatic heterocycles. The molecule has 0 spiro atoms. The Bertz CT molecular complexity index is 928. The summed E-state index contributed by atoms with van der Waals surface area (Å²) in [7, 11) is 0. The van der Waals surface area contributed by atoms with Gasteiger partial charge in [0.05, 0.1) is 0 Å². The quantitative estimate of drug-likeness (QED) is 0.789. The average Bonchev–Trinajstić information content (AvgIpc) is 3.34. The van der Waals surface area contributed by atoms with Crippen LogP contribution in [0, 0.1) is 17.0 Å². The third kappa shape index (κ3) is 3.30. The molecule has 2 aromatic rings. The van der Waals surface area contributed by atoms with Crippen molar-refractivity contribution in [2.75, 3.05) is 12.1 Å². The molecule has 4 rings (SSSR count). The number of fused-ring (bicyclic) bond motifs is 1. The fourth-order valence-electron chi connectivity index (χ4n) is 2.91. The number of hydrogen-bond acceptors (Lipinski definition) is 4. The Labute approximate surface area is 153 Å². The van der Waals surface area contributed by atoms with E-state index in [0.29, 0.717) is 24.3 Å². The van der Waals surface area contributed by atoms with Crippen LogP contribution < -0.4 is 20.1 Å². The summed E-state index contributed by atoms with van der Waals surface area (Å²) in [5.41, 5.74) is -0.264.